The van der Waals surface area contributed by atoms with Gasteiger partial charge in [0.25, 0.3) is 5.56 Å². The van der Waals surface area contributed by atoms with Gasteiger partial charge in [-0.25, -0.2) is 9.48 Å². The number of anilines is 1. The van der Waals surface area contributed by atoms with Gasteiger partial charge in [-0.2, -0.15) is 0 Å². The molecule has 0 saturated heterocycles. The van der Waals surface area contributed by atoms with Crippen LogP contribution in [0.15, 0.2) is 9.59 Å². The molecule has 6 heteroatoms. The predicted molar refractivity (Wildman–Crippen MR) is 65.1 cm³/mol. The first-order valence-electron chi connectivity index (χ1n) is 5.75. The number of hydrogen-bond acceptors (Lipinski definition) is 4. The minimum atomic E-state index is -0.412. The van der Waals surface area contributed by atoms with Crippen LogP contribution in [0.3, 0.4) is 0 Å². The molecule has 1 heterocycles. The molecule has 0 unspecified atom stereocenters. The second kappa shape index (κ2) is 3.72. The second-order valence-electron chi connectivity index (χ2n) is 5.24. The number of aryl methyl sites for hydroxylation is 1. The fourth-order valence-electron chi connectivity index (χ4n) is 1.99. The maximum atomic E-state index is 11.9. The molecular weight excluding hydrogens is 220 g/mol. The van der Waals surface area contributed by atoms with E-state index in [1.807, 2.05) is 0 Å². The molecule has 0 radical (unpaired) electrons. The van der Waals surface area contributed by atoms with Crippen LogP contribution in [-0.4, -0.2) is 19.9 Å². The zero-order valence-electron chi connectivity index (χ0n) is 10.6. The van der Waals surface area contributed by atoms with E-state index in [2.05, 4.69) is 24.3 Å². The topological polar surface area (TPSA) is 68.9 Å². The molecule has 1 saturated carbocycles. The number of aromatic nitrogens is 3. The molecular formula is C11H18N4O2. The highest BCUT2D eigenvalue weighted by Crippen LogP contribution is 2.40. The predicted octanol–water partition coefficient (Wildman–Crippen LogP) is 0.0795. The SMILES string of the molecule is Cn1nc(NC(C)(C)C2CC2)c(=O)n(C)c1=O. The van der Waals surface area contributed by atoms with Crippen molar-refractivity contribution in [2.75, 3.05) is 5.32 Å². The van der Waals surface area contributed by atoms with E-state index in [4.69, 9.17) is 0 Å². The highest BCUT2D eigenvalue weighted by atomic mass is 16.2. The molecule has 1 aliphatic rings. The Labute approximate surface area is 99.3 Å². The van der Waals surface area contributed by atoms with Gasteiger partial charge in [0.2, 0.25) is 5.82 Å². The van der Waals surface area contributed by atoms with E-state index in [9.17, 15) is 9.59 Å². The van der Waals surface area contributed by atoms with E-state index >= 15 is 0 Å². The quantitative estimate of drug-likeness (QED) is 0.809. The summed E-state index contributed by atoms with van der Waals surface area (Å²) in [5.74, 6) is 0.817. The van der Waals surface area contributed by atoms with Crippen LogP contribution < -0.4 is 16.6 Å². The third-order valence-electron chi connectivity index (χ3n) is 3.36. The van der Waals surface area contributed by atoms with Crippen molar-refractivity contribution in [3.63, 3.8) is 0 Å². The lowest BCUT2D eigenvalue weighted by Crippen LogP contribution is -2.43. The zero-order valence-corrected chi connectivity index (χ0v) is 10.6. The summed E-state index contributed by atoms with van der Waals surface area (Å²) in [6.07, 6.45) is 2.35. The Morgan fingerprint density at radius 2 is 1.88 bits per heavy atom. The lowest BCUT2D eigenvalue weighted by molar-refractivity contribution is 0.484. The van der Waals surface area contributed by atoms with Gasteiger partial charge in [0.1, 0.15) is 0 Å². The standard InChI is InChI=1S/C11H18N4O2/c1-11(2,7-5-6-7)12-8-9(16)14(3)10(17)15(4)13-8/h7H,5-6H2,1-4H3,(H,12,13). The van der Waals surface area contributed by atoms with Gasteiger partial charge in [-0.1, -0.05) is 0 Å². The minimum Gasteiger partial charge on any atom is -0.359 e. The smallest absolute Gasteiger partial charge is 0.346 e. The third-order valence-corrected chi connectivity index (χ3v) is 3.36. The Bertz CT molecular complexity index is 552. The van der Waals surface area contributed by atoms with Crippen LogP contribution in [0.4, 0.5) is 5.82 Å². The summed E-state index contributed by atoms with van der Waals surface area (Å²) in [4.78, 5) is 23.4. The summed E-state index contributed by atoms with van der Waals surface area (Å²) in [5, 5.41) is 7.14. The van der Waals surface area contributed by atoms with Gasteiger partial charge in [0.05, 0.1) is 0 Å². The van der Waals surface area contributed by atoms with E-state index in [-0.39, 0.29) is 16.9 Å². The molecule has 1 aromatic heterocycles. The summed E-state index contributed by atoms with van der Waals surface area (Å²) >= 11 is 0. The van der Waals surface area contributed by atoms with E-state index in [0.29, 0.717) is 5.92 Å². The van der Waals surface area contributed by atoms with Crippen LogP contribution in [0.25, 0.3) is 0 Å². The highest BCUT2D eigenvalue weighted by Gasteiger charge is 2.38. The zero-order chi connectivity index (χ0) is 12.8. The third kappa shape index (κ3) is 2.11. The molecule has 1 N–H and O–H groups in total. The van der Waals surface area contributed by atoms with Crippen molar-refractivity contribution in [1.29, 1.82) is 0 Å². The van der Waals surface area contributed by atoms with Crippen molar-refractivity contribution in [2.24, 2.45) is 20.0 Å². The van der Waals surface area contributed by atoms with Crippen LogP contribution in [0.2, 0.25) is 0 Å². The number of nitrogens with zero attached hydrogens (tertiary/aromatic N) is 3. The van der Waals surface area contributed by atoms with E-state index < -0.39 is 5.69 Å². The minimum absolute atomic E-state index is 0.156. The van der Waals surface area contributed by atoms with Gasteiger partial charge in [0, 0.05) is 19.6 Å². The summed E-state index contributed by atoms with van der Waals surface area (Å²) < 4.78 is 2.24. The molecule has 1 fully saturated rings. The average Bonchev–Trinajstić information content (AvgIpc) is 3.06. The normalized spacial score (nSPS) is 16.0. The molecule has 0 aromatic carbocycles. The van der Waals surface area contributed by atoms with Crippen molar-refractivity contribution in [1.82, 2.24) is 14.3 Å². The fraction of sp³-hybridized carbons (Fsp3) is 0.727. The molecule has 0 amide bonds. The Morgan fingerprint density at radius 1 is 1.29 bits per heavy atom. The Kier molecular flexibility index (Phi) is 2.60. The molecule has 0 atom stereocenters. The molecule has 17 heavy (non-hydrogen) atoms. The molecule has 0 aliphatic heterocycles. The molecule has 6 nitrogen and oxygen atoms in total. The Morgan fingerprint density at radius 3 is 2.41 bits per heavy atom. The first-order chi connectivity index (χ1) is 7.83. The largest absolute Gasteiger partial charge is 0.359 e. The molecule has 0 bridgehead atoms. The molecule has 94 valence electrons. The van der Waals surface area contributed by atoms with Gasteiger partial charge in [0.15, 0.2) is 0 Å². The van der Waals surface area contributed by atoms with Gasteiger partial charge >= 0.3 is 5.69 Å². The maximum Gasteiger partial charge on any atom is 0.346 e. The lowest BCUT2D eigenvalue weighted by atomic mass is 9.99. The first kappa shape index (κ1) is 11.9. The van der Waals surface area contributed by atoms with Crippen molar-refractivity contribution >= 4 is 5.82 Å². The summed E-state index contributed by atoms with van der Waals surface area (Å²) in [5.41, 5.74) is -0.942. The van der Waals surface area contributed by atoms with E-state index in [1.54, 1.807) is 0 Å². The van der Waals surface area contributed by atoms with Crippen molar-refractivity contribution in [3.05, 3.63) is 20.8 Å². The number of rotatable bonds is 3. The fourth-order valence-corrected chi connectivity index (χ4v) is 1.99. The van der Waals surface area contributed by atoms with Crippen LogP contribution >= 0.6 is 0 Å². The summed E-state index contributed by atoms with van der Waals surface area (Å²) in [6, 6.07) is 0. The summed E-state index contributed by atoms with van der Waals surface area (Å²) in [7, 11) is 3.00. The van der Waals surface area contributed by atoms with Crippen LogP contribution in [0.5, 0.6) is 0 Å². The molecule has 2 rings (SSSR count). The van der Waals surface area contributed by atoms with Crippen molar-refractivity contribution in [2.45, 2.75) is 32.2 Å². The number of nitrogens with one attached hydrogen (secondary N) is 1. The average molecular weight is 238 g/mol. The van der Waals surface area contributed by atoms with Crippen molar-refractivity contribution < 1.29 is 0 Å². The maximum absolute atomic E-state index is 11.9. The van der Waals surface area contributed by atoms with Crippen LogP contribution in [-0.2, 0) is 14.1 Å². The van der Waals surface area contributed by atoms with Gasteiger partial charge < -0.3 is 5.32 Å². The highest BCUT2D eigenvalue weighted by molar-refractivity contribution is 5.34. The van der Waals surface area contributed by atoms with Crippen LogP contribution in [0, 0.1) is 5.92 Å². The van der Waals surface area contributed by atoms with E-state index in [1.165, 1.54) is 31.6 Å². The second-order valence-corrected chi connectivity index (χ2v) is 5.24. The van der Waals surface area contributed by atoms with Gasteiger partial charge in [-0.15, -0.1) is 5.10 Å². The molecule has 0 spiro atoms. The van der Waals surface area contributed by atoms with E-state index in [0.717, 1.165) is 4.57 Å². The molecule has 1 aromatic rings. The monoisotopic (exact) mass is 238 g/mol. The lowest BCUT2D eigenvalue weighted by Gasteiger charge is -2.26. The Balaban J connectivity index is 2.40. The van der Waals surface area contributed by atoms with Crippen molar-refractivity contribution in [3.8, 4) is 0 Å². The first-order valence-corrected chi connectivity index (χ1v) is 5.75. The Hall–Kier alpha value is -1.59. The molecule has 1 aliphatic carbocycles. The summed E-state index contributed by atoms with van der Waals surface area (Å²) in [6.45, 7) is 4.10. The number of hydrogen-bond donors (Lipinski definition) is 1. The van der Waals surface area contributed by atoms with Gasteiger partial charge in [-0.05, 0) is 32.6 Å². The van der Waals surface area contributed by atoms with Crippen LogP contribution in [0.1, 0.15) is 26.7 Å². The van der Waals surface area contributed by atoms with Gasteiger partial charge in [-0.3, -0.25) is 9.36 Å².